The number of benzene rings is 1. The Morgan fingerprint density at radius 1 is 1.25 bits per heavy atom. The summed E-state index contributed by atoms with van der Waals surface area (Å²) in [6.45, 7) is 8.37. The summed E-state index contributed by atoms with van der Waals surface area (Å²) >= 11 is 1.73. The molecule has 3 atom stereocenters. The van der Waals surface area contributed by atoms with Crippen LogP contribution in [0.5, 0.6) is 0 Å². The molecule has 0 spiro atoms. The average Bonchev–Trinajstić information content (AvgIpc) is 3.18. The highest BCUT2D eigenvalue weighted by molar-refractivity contribution is 7.18. The van der Waals surface area contributed by atoms with E-state index in [9.17, 15) is 5.11 Å². The minimum absolute atomic E-state index is 0.188. The van der Waals surface area contributed by atoms with E-state index in [4.69, 9.17) is 9.40 Å². The van der Waals surface area contributed by atoms with Crippen LogP contribution in [0, 0.1) is 6.92 Å². The van der Waals surface area contributed by atoms with E-state index in [1.807, 2.05) is 37.3 Å². The molecule has 0 aliphatic rings. The molecule has 0 aliphatic heterocycles. The molecule has 3 aromatic rings. The Bertz CT molecular complexity index is 789. The van der Waals surface area contributed by atoms with Crippen LogP contribution < -0.4 is 5.32 Å². The second-order valence-electron chi connectivity index (χ2n) is 6.66. The van der Waals surface area contributed by atoms with Crippen molar-refractivity contribution in [3.8, 4) is 0 Å². The van der Waals surface area contributed by atoms with Crippen molar-refractivity contribution in [3.63, 3.8) is 0 Å². The molecule has 128 valence electrons. The van der Waals surface area contributed by atoms with Gasteiger partial charge in [-0.25, -0.2) is 4.98 Å². The molecule has 0 saturated carbocycles. The molecule has 24 heavy (non-hydrogen) atoms. The van der Waals surface area contributed by atoms with E-state index in [0.29, 0.717) is 12.3 Å². The number of hydrogen-bond acceptors (Lipinski definition) is 5. The summed E-state index contributed by atoms with van der Waals surface area (Å²) in [7, 11) is 0. The quantitative estimate of drug-likeness (QED) is 0.704. The van der Waals surface area contributed by atoms with Crippen molar-refractivity contribution in [3.05, 3.63) is 52.9 Å². The zero-order valence-corrected chi connectivity index (χ0v) is 15.4. The molecule has 2 heterocycles. The molecular weight excluding hydrogens is 320 g/mol. The van der Waals surface area contributed by atoms with Gasteiger partial charge in [0.2, 0.25) is 0 Å². The third-order valence-corrected chi connectivity index (χ3v) is 5.73. The van der Waals surface area contributed by atoms with Crippen molar-refractivity contribution in [2.45, 2.75) is 45.3 Å². The fraction of sp³-hybridized carbons (Fsp3) is 0.421. The lowest BCUT2D eigenvalue weighted by Gasteiger charge is -2.26. The van der Waals surface area contributed by atoms with E-state index in [0.717, 1.165) is 16.3 Å². The Balaban J connectivity index is 1.66. The summed E-state index contributed by atoms with van der Waals surface area (Å²) < 4.78 is 6.78. The SMILES string of the molecule is Cc1ccc(C(C)(O)CNC(C)C(C)c2nc3ccccc3s2)o1. The number of furan rings is 1. The first-order chi connectivity index (χ1) is 11.4. The number of nitrogens with zero attached hydrogens (tertiary/aromatic N) is 1. The molecule has 2 aromatic heterocycles. The topological polar surface area (TPSA) is 58.3 Å². The molecule has 4 nitrogen and oxygen atoms in total. The van der Waals surface area contributed by atoms with Crippen molar-refractivity contribution in [1.82, 2.24) is 10.3 Å². The Kier molecular flexibility index (Phi) is 4.76. The predicted octanol–water partition coefficient (Wildman–Crippen LogP) is 4.19. The van der Waals surface area contributed by atoms with Gasteiger partial charge in [-0.1, -0.05) is 19.1 Å². The fourth-order valence-corrected chi connectivity index (χ4v) is 3.77. The van der Waals surface area contributed by atoms with Crippen molar-refractivity contribution in [1.29, 1.82) is 0 Å². The number of hydrogen-bond donors (Lipinski definition) is 2. The summed E-state index contributed by atoms with van der Waals surface area (Å²) in [5, 5.41) is 15.2. The summed E-state index contributed by atoms with van der Waals surface area (Å²) in [5.74, 6) is 1.66. The highest BCUT2D eigenvalue weighted by atomic mass is 32.1. The molecule has 0 radical (unpaired) electrons. The van der Waals surface area contributed by atoms with Crippen LogP contribution in [0.1, 0.15) is 43.2 Å². The van der Waals surface area contributed by atoms with Crippen molar-refractivity contribution >= 4 is 21.6 Å². The van der Waals surface area contributed by atoms with Crippen molar-refractivity contribution in [2.24, 2.45) is 0 Å². The molecule has 2 N–H and O–H groups in total. The number of rotatable bonds is 6. The van der Waals surface area contributed by atoms with Crippen LogP contribution in [-0.2, 0) is 5.60 Å². The van der Waals surface area contributed by atoms with Crippen LogP contribution in [0.4, 0.5) is 0 Å². The minimum atomic E-state index is -1.03. The lowest BCUT2D eigenvalue weighted by atomic mass is 10.0. The van der Waals surface area contributed by atoms with Crippen LogP contribution in [0.3, 0.4) is 0 Å². The van der Waals surface area contributed by atoms with Crippen molar-refractivity contribution in [2.75, 3.05) is 6.54 Å². The van der Waals surface area contributed by atoms with Gasteiger partial charge in [0, 0.05) is 18.5 Å². The Hall–Kier alpha value is -1.69. The number of aromatic nitrogens is 1. The molecule has 0 aliphatic carbocycles. The maximum Gasteiger partial charge on any atom is 0.136 e. The molecule has 5 heteroatoms. The average molecular weight is 344 g/mol. The van der Waals surface area contributed by atoms with Crippen LogP contribution in [0.25, 0.3) is 10.2 Å². The molecule has 0 fully saturated rings. The first-order valence-electron chi connectivity index (χ1n) is 8.25. The third-order valence-electron chi connectivity index (χ3n) is 4.49. The van der Waals surface area contributed by atoms with E-state index in [1.54, 1.807) is 18.3 Å². The lowest BCUT2D eigenvalue weighted by molar-refractivity contribution is 0.0307. The lowest BCUT2D eigenvalue weighted by Crippen LogP contribution is -2.41. The van der Waals surface area contributed by atoms with Crippen LogP contribution in [0.2, 0.25) is 0 Å². The summed E-state index contributed by atoms with van der Waals surface area (Å²) in [6.07, 6.45) is 0. The Morgan fingerprint density at radius 2 is 2.00 bits per heavy atom. The van der Waals surface area contributed by atoms with E-state index >= 15 is 0 Å². The maximum atomic E-state index is 10.6. The van der Waals surface area contributed by atoms with Gasteiger partial charge < -0.3 is 14.8 Å². The number of fused-ring (bicyclic) bond motifs is 1. The standard InChI is InChI=1S/C19H24N2O2S/c1-12-9-10-17(23-12)19(4,22)11-20-14(3)13(2)18-21-15-7-5-6-8-16(15)24-18/h5-10,13-14,20,22H,11H2,1-4H3. The Labute approximate surface area is 146 Å². The molecule has 1 aromatic carbocycles. The van der Waals surface area contributed by atoms with E-state index < -0.39 is 5.60 Å². The Morgan fingerprint density at radius 3 is 2.67 bits per heavy atom. The number of thiazole rings is 1. The van der Waals surface area contributed by atoms with Crippen molar-refractivity contribution < 1.29 is 9.52 Å². The molecule has 0 amide bonds. The number of aryl methyl sites for hydroxylation is 1. The van der Waals surface area contributed by atoms with Gasteiger partial charge in [0.05, 0.1) is 15.2 Å². The summed E-state index contributed by atoms with van der Waals surface area (Å²) in [5.41, 5.74) is 0.0186. The summed E-state index contributed by atoms with van der Waals surface area (Å²) in [4.78, 5) is 4.74. The van der Waals surface area contributed by atoms with Gasteiger partial charge in [-0.15, -0.1) is 11.3 Å². The maximum absolute atomic E-state index is 10.6. The zero-order valence-electron chi connectivity index (χ0n) is 14.5. The molecule has 3 rings (SSSR count). The molecule has 0 bridgehead atoms. The monoisotopic (exact) mass is 344 g/mol. The van der Waals surface area contributed by atoms with Gasteiger partial charge in [-0.05, 0) is 45.0 Å². The van der Waals surface area contributed by atoms with E-state index in [-0.39, 0.29) is 12.0 Å². The molecule has 3 unspecified atom stereocenters. The highest BCUT2D eigenvalue weighted by Gasteiger charge is 2.28. The number of aliphatic hydroxyl groups is 1. The van der Waals surface area contributed by atoms with E-state index in [1.165, 1.54) is 4.70 Å². The number of nitrogens with one attached hydrogen (secondary N) is 1. The first-order valence-corrected chi connectivity index (χ1v) is 9.06. The summed E-state index contributed by atoms with van der Waals surface area (Å²) in [6, 6.07) is 12.1. The zero-order chi connectivity index (χ0) is 17.3. The molecular formula is C19H24N2O2S. The van der Waals surface area contributed by atoms with Gasteiger partial charge in [0.1, 0.15) is 17.1 Å². The first kappa shape index (κ1) is 17.1. The minimum Gasteiger partial charge on any atom is -0.463 e. The fourth-order valence-electron chi connectivity index (χ4n) is 2.65. The van der Waals surface area contributed by atoms with Gasteiger partial charge in [0.15, 0.2) is 0 Å². The van der Waals surface area contributed by atoms with Crippen LogP contribution in [-0.4, -0.2) is 22.7 Å². The molecule has 0 saturated heterocycles. The van der Waals surface area contributed by atoms with Gasteiger partial charge in [-0.2, -0.15) is 0 Å². The normalized spacial score (nSPS) is 16.9. The number of para-hydroxylation sites is 1. The second-order valence-corrected chi connectivity index (χ2v) is 7.72. The van der Waals surface area contributed by atoms with E-state index in [2.05, 4.69) is 25.2 Å². The van der Waals surface area contributed by atoms with Crippen LogP contribution >= 0.6 is 11.3 Å². The van der Waals surface area contributed by atoms with Gasteiger partial charge in [0.25, 0.3) is 0 Å². The largest absolute Gasteiger partial charge is 0.463 e. The van der Waals surface area contributed by atoms with Gasteiger partial charge >= 0.3 is 0 Å². The highest BCUT2D eigenvalue weighted by Crippen LogP contribution is 2.29. The predicted molar refractivity (Wildman–Crippen MR) is 98.5 cm³/mol. The van der Waals surface area contributed by atoms with Crippen LogP contribution in [0.15, 0.2) is 40.8 Å². The van der Waals surface area contributed by atoms with Gasteiger partial charge in [-0.3, -0.25) is 0 Å². The third kappa shape index (κ3) is 3.53. The second kappa shape index (κ2) is 6.67. The smallest absolute Gasteiger partial charge is 0.136 e.